The Morgan fingerprint density at radius 3 is 2.85 bits per heavy atom. The molecule has 7 nitrogen and oxygen atoms in total. The number of amides is 1. The summed E-state index contributed by atoms with van der Waals surface area (Å²) in [6, 6.07) is 8.96. The Hall–Kier alpha value is -2.80. The Morgan fingerprint density at radius 2 is 2.11 bits per heavy atom. The quantitative estimate of drug-likeness (QED) is 0.649. The maximum atomic E-state index is 12.7. The highest BCUT2D eigenvalue weighted by Gasteiger charge is 2.22. The van der Waals surface area contributed by atoms with Crippen molar-refractivity contribution in [2.45, 2.75) is 40.3 Å². The molecule has 0 aliphatic carbocycles. The second-order valence-electron chi connectivity index (χ2n) is 6.13. The van der Waals surface area contributed by atoms with Gasteiger partial charge in [0.05, 0.1) is 16.3 Å². The lowest BCUT2D eigenvalue weighted by atomic mass is 10.2. The first-order valence-electron chi connectivity index (χ1n) is 8.68. The molecule has 0 atom stereocenters. The molecule has 0 saturated heterocycles. The Kier molecular flexibility index (Phi) is 5.81. The lowest BCUT2D eigenvalue weighted by Crippen LogP contribution is -2.18. The number of rotatable bonds is 7. The minimum Gasteiger partial charge on any atom is -0.487 e. The molecule has 0 bridgehead atoms. The zero-order chi connectivity index (χ0) is 19.4. The SMILES string of the molecule is CCCn1nc(C)cc1NC(=O)c1noc(C)c1COc1ccccc1Cl. The number of nitrogens with one attached hydrogen (secondary N) is 1. The molecule has 1 aromatic carbocycles. The Morgan fingerprint density at radius 1 is 1.33 bits per heavy atom. The zero-order valence-corrected chi connectivity index (χ0v) is 16.2. The van der Waals surface area contributed by atoms with E-state index >= 15 is 0 Å². The van der Waals surface area contributed by atoms with Gasteiger partial charge in [-0.15, -0.1) is 0 Å². The molecule has 0 aliphatic heterocycles. The van der Waals surface area contributed by atoms with Crippen LogP contribution in [0.15, 0.2) is 34.9 Å². The third kappa shape index (κ3) is 4.31. The lowest BCUT2D eigenvalue weighted by Gasteiger charge is -2.09. The van der Waals surface area contributed by atoms with Gasteiger partial charge < -0.3 is 14.6 Å². The minimum atomic E-state index is -0.373. The number of benzene rings is 1. The molecular weight excluding hydrogens is 368 g/mol. The predicted octanol–water partition coefficient (Wildman–Crippen LogP) is 4.38. The second kappa shape index (κ2) is 8.26. The van der Waals surface area contributed by atoms with Gasteiger partial charge in [0.1, 0.15) is 23.9 Å². The van der Waals surface area contributed by atoms with Gasteiger partial charge in [0.15, 0.2) is 5.69 Å². The van der Waals surface area contributed by atoms with Gasteiger partial charge in [-0.3, -0.25) is 4.79 Å². The summed E-state index contributed by atoms with van der Waals surface area (Å²) in [5, 5.41) is 11.6. The summed E-state index contributed by atoms with van der Waals surface area (Å²) < 4.78 is 12.7. The van der Waals surface area contributed by atoms with Crippen molar-refractivity contribution in [1.82, 2.24) is 14.9 Å². The van der Waals surface area contributed by atoms with Crippen molar-refractivity contribution < 1.29 is 14.1 Å². The number of hydrogen-bond donors (Lipinski definition) is 1. The van der Waals surface area contributed by atoms with Gasteiger partial charge in [-0.25, -0.2) is 4.68 Å². The number of carbonyl (C=O) groups excluding carboxylic acids is 1. The van der Waals surface area contributed by atoms with Gasteiger partial charge in [-0.05, 0) is 32.4 Å². The first-order valence-corrected chi connectivity index (χ1v) is 9.05. The van der Waals surface area contributed by atoms with Crippen LogP contribution in [0.5, 0.6) is 5.75 Å². The number of halogens is 1. The third-order valence-corrected chi connectivity index (χ3v) is 4.30. The summed E-state index contributed by atoms with van der Waals surface area (Å²) in [5.41, 5.74) is 1.59. The average molecular weight is 389 g/mol. The number of aryl methyl sites for hydroxylation is 3. The van der Waals surface area contributed by atoms with E-state index in [2.05, 4.69) is 15.6 Å². The highest BCUT2D eigenvalue weighted by molar-refractivity contribution is 6.32. The molecule has 27 heavy (non-hydrogen) atoms. The molecule has 2 heterocycles. The Bertz CT molecular complexity index is 948. The maximum absolute atomic E-state index is 12.7. The molecule has 3 aromatic rings. The van der Waals surface area contributed by atoms with Crippen molar-refractivity contribution >= 4 is 23.3 Å². The number of nitrogens with zero attached hydrogens (tertiary/aromatic N) is 3. The summed E-state index contributed by atoms with van der Waals surface area (Å²) >= 11 is 6.11. The molecule has 3 rings (SSSR count). The van der Waals surface area contributed by atoms with E-state index in [1.165, 1.54) is 0 Å². The third-order valence-electron chi connectivity index (χ3n) is 3.99. The van der Waals surface area contributed by atoms with Gasteiger partial charge in [0.25, 0.3) is 5.91 Å². The van der Waals surface area contributed by atoms with Gasteiger partial charge in [0.2, 0.25) is 0 Å². The van der Waals surface area contributed by atoms with Gasteiger partial charge in [-0.2, -0.15) is 5.10 Å². The molecule has 2 aromatic heterocycles. The topological polar surface area (TPSA) is 82.2 Å². The summed E-state index contributed by atoms with van der Waals surface area (Å²) in [6.07, 6.45) is 0.907. The maximum Gasteiger partial charge on any atom is 0.279 e. The molecule has 0 aliphatic rings. The van der Waals surface area contributed by atoms with E-state index in [4.69, 9.17) is 20.9 Å². The molecule has 0 spiro atoms. The standard InChI is InChI=1S/C19H21ClN4O3/c1-4-9-24-17(10-12(2)22-24)21-19(25)18-14(13(3)27-23-18)11-26-16-8-6-5-7-15(16)20/h5-8,10H,4,9,11H2,1-3H3,(H,21,25). The van der Waals surface area contributed by atoms with E-state index in [0.717, 1.165) is 12.1 Å². The van der Waals surface area contributed by atoms with Gasteiger partial charge in [0, 0.05) is 12.6 Å². The Labute approximate surface area is 162 Å². The molecule has 0 fully saturated rings. The van der Waals surface area contributed by atoms with E-state index in [-0.39, 0.29) is 18.2 Å². The van der Waals surface area contributed by atoms with Gasteiger partial charge >= 0.3 is 0 Å². The summed E-state index contributed by atoms with van der Waals surface area (Å²) in [6.45, 7) is 6.50. The number of aromatic nitrogens is 3. The number of ether oxygens (including phenoxy) is 1. The van der Waals surface area contributed by atoms with Crippen LogP contribution in [-0.4, -0.2) is 20.8 Å². The lowest BCUT2D eigenvalue weighted by molar-refractivity contribution is 0.101. The molecule has 0 radical (unpaired) electrons. The number of carbonyl (C=O) groups is 1. The smallest absolute Gasteiger partial charge is 0.279 e. The fourth-order valence-electron chi connectivity index (χ4n) is 2.66. The fraction of sp³-hybridized carbons (Fsp3) is 0.316. The van der Waals surface area contributed by atoms with E-state index in [0.29, 0.717) is 34.5 Å². The van der Waals surface area contributed by atoms with Crippen molar-refractivity contribution in [3.63, 3.8) is 0 Å². The first kappa shape index (κ1) is 19.0. The number of hydrogen-bond acceptors (Lipinski definition) is 5. The Balaban J connectivity index is 1.77. The van der Waals surface area contributed by atoms with Crippen LogP contribution in [0.25, 0.3) is 0 Å². The predicted molar refractivity (Wildman–Crippen MR) is 102 cm³/mol. The summed E-state index contributed by atoms with van der Waals surface area (Å²) in [5.74, 6) is 1.30. The molecule has 1 amide bonds. The van der Waals surface area contributed by atoms with Crippen LogP contribution in [0.1, 0.15) is 40.9 Å². The van der Waals surface area contributed by atoms with Crippen molar-refractivity contribution in [2.75, 3.05) is 5.32 Å². The van der Waals surface area contributed by atoms with Crippen LogP contribution in [0, 0.1) is 13.8 Å². The molecule has 1 N–H and O–H groups in total. The van der Waals surface area contributed by atoms with E-state index in [9.17, 15) is 4.79 Å². The van der Waals surface area contributed by atoms with Crippen LogP contribution < -0.4 is 10.1 Å². The van der Waals surface area contributed by atoms with Crippen LogP contribution in [0.3, 0.4) is 0 Å². The molecule has 0 saturated carbocycles. The van der Waals surface area contributed by atoms with Crippen LogP contribution >= 0.6 is 11.6 Å². The first-order chi connectivity index (χ1) is 13.0. The molecule has 0 unspecified atom stereocenters. The number of para-hydroxylation sites is 1. The molecule has 8 heteroatoms. The zero-order valence-electron chi connectivity index (χ0n) is 15.5. The van der Waals surface area contributed by atoms with Crippen LogP contribution in [0.2, 0.25) is 5.02 Å². The summed E-state index contributed by atoms with van der Waals surface area (Å²) in [4.78, 5) is 12.7. The normalized spacial score (nSPS) is 10.8. The van der Waals surface area contributed by atoms with E-state index in [1.807, 2.05) is 32.0 Å². The van der Waals surface area contributed by atoms with Crippen molar-refractivity contribution in [2.24, 2.45) is 0 Å². The average Bonchev–Trinajstić information content (AvgIpc) is 3.17. The van der Waals surface area contributed by atoms with E-state index in [1.54, 1.807) is 23.7 Å². The molecule has 142 valence electrons. The highest BCUT2D eigenvalue weighted by Crippen LogP contribution is 2.25. The number of anilines is 1. The largest absolute Gasteiger partial charge is 0.487 e. The van der Waals surface area contributed by atoms with Crippen LogP contribution in [-0.2, 0) is 13.2 Å². The minimum absolute atomic E-state index is 0.120. The summed E-state index contributed by atoms with van der Waals surface area (Å²) in [7, 11) is 0. The van der Waals surface area contributed by atoms with E-state index < -0.39 is 0 Å². The van der Waals surface area contributed by atoms with Crippen molar-refractivity contribution in [3.8, 4) is 5.75 Å². The second-order valence-corrected chi connectivity index (χ2v) is 6.54. The highest BCUT2D eigenvalue weighted by atomic mass is 35.5. The van der Waals surface area contributed by atoms with Crippen molar-refractivity contribution in [3.05, 3.63) is 58.1 Å². The van der Waals surface area contributed by atoms with Crippen molar-refractivity contribution in [1.29, 1.82) is 0 Å². The van der Waals surface area contributed by atoms with Gasteiger partial charge in [-0.1, -0.05) is 35.8 Å². The molecular formula is C19H21ClN4O3. The fourth-order valence-corrected chi connectivity index (χ4v) is 2.85. The van der Waals surface area contributed by atoms with Crippen LogP contribution in [0.4, 0.5) is 5.82 Å². The monoisotopic (exact) mass is 388 g/mol.